The number of benzene rings is 3. The maximum atomic E-state index is 12.6. The third kappa shape index (κ3) is 4.37. The number of nitrogens with zero attached hydrogens (tertiary/aromatic N) is 2. The van der Waals surface area contributed by atoms with E-state index < -0.39 is 11.8 Å². The molecule has 4 rings (SSSR count). The standard InChI is InChI=1S/C23H19N3O3S/c24-22(27)18-8-6-17-12-19(9-7-16(17)11-18)23(28)26(29)13-20-14-30-21(25-20)10-15-4-2-1-3-5-15/h1-9,11-12,14,29H,10,13H2,(H2,24,27). The van der Waals surface area contributed by atoms with Crippen molar-refractivity contribution < 1.29 is 14.8 Å². The van der Waals surface area contributed by atoms with E-state index in [1.165, 1.54) is 11.3 Å². The summed E-state index contributed by atoms with van der Waals surface area (Å²) < 4.78 is 0. The predicted octanol–water partition coefficient (Wildman–Crippen LogP) is 4.02. The van der Waals surface area contributed by atoms with Crippen LogP contribution in [0.1, 0.15) is 37.0 Å². The first-order valence-electron chi connectivity index (χ1n) is 9.31. The fourth-order valence-corrected chi connectivity index (χ4v) is 4.00. The molecule has 0 spiro atoms. The molecular formula is C23H19N3O3S. The zero-order chi connectivity index (χ0) is 21.1. The molecule has 0 radical (unpaired) electrons. The predicted molar refractivity (Wildman–Crippen MR) is 115 cm³/mol. The van der Waals surface area contributed by atoms with E-state index in [9.17, 15) is 14.8 Å². The van der Waals surface area contributed by atoms with Gasteiger partial charge in [0, 0.05) is 22.9 Å². The van der Waals surface area contributed by atoms with E-state index in [0.29, 0.717) is 28.3 Å². The summed E-state index contributed by atoms with van der Waals surface area (Å²) in [5, 5.41) is 15.3. The van der Waals surface area contributed by atoms with Gasteiger partial charge in [-0.05, 0) is 40.6 Å². The number of amides is 2. The molecule has 0 saturated carbocycles. The van der Waals surface area contributed by atoms with E-state index in [0.717, 1.165) is 21.3 Å². The summed E-state index contributed by atoms with van der Waals surface area (Å²) in [5.41, 5.74) is 7.84. The topological polar surface area (TPSA) is 96.5 Å². The second-order valence-electron chi connectivity index (χ2n) is 6.90. The summed E-state index contributed by atoms with van der Waals surface area (Å²) in [4.78, 5) is 28.5. The molecule has 3 aromatic carbocycles. The van der Waals surface area contributed by atoms with Gasteiger partial charge in [0.25, 0.3) is 5.91 Å². The van der Waals surface area contributed by atoms with Gasteiger partial charge in [-0.1, -0.05) is 42.5 Å². The van der Waals surface area contributed by atoms with Crippen molar-refractivity contribution in [1.82, 2.24) is 10.0 Å². The zero-order valence-electron chi connectivity index (χ0n) is 16.0. The Morgan fingerprint density at radius 3 is 2.33 bits per heavy atom. The van der Waals surface area contributed by atoms with Crippen LogP contribution in [-0.4, -0.2) is 27.1 Å². The van der Waals surface area contributed by atoms with Crippen molar-refractivity contribution in [2.45, 2.75) is 13.0 Å². The normalized spacial score (nSPS) is 10.8. The second-order valence-corrected chi connectivity index (χ2v) is 7.84. The molecule has 4 aromatic rings. The minimum atomic E-state index is -0.520. The smallest absolute Gasteiger partial charge is 0.277 e. The molecule has 0 aliphatic heterocycles. The number of hydrogen-bond donors (Lipinski definition) is 2. The van der Waals surface area contributed by atoms with Gasteiger partial charge < -0.3 is 5.73 Å². The molecule has 6 nitrogen and oxygen atoms in total. The van der Waals surface area contributed by atoms with Crippen LogP contribution in [0.25, 0.3) is 10.8 Å². The van der Waals surface area contributed by atoms with Crippen LogP contribution in [0.15, 0.2) is 72.1 Å². The van der Waals surface area contributed by atoms with Gasteiger partial charge in [0.05, 0.1) is 17.2 Å². The highest BCUT2D eigenvalue weighted by Gasteiger charge is 2.16. The van der Waals surface area contributed by atoms with Gasteiger partial charge in [-0.2, -0.15) is 0 Å². The third-order valence-electron chi connectivity index (χ3n) is 4.72. The molecule has 0 bridgehead atoms. The lowest BCUT2D eigenvalue weighted by atomic mass is 10.0. The zero-order valence-corrected chi connectivity index (χ0v) is 16.8. The van der Waals surface area contributed by atoms with Gasteiger partial charge in [0.15, 0.2) is 0 Å². The lowest BCUT2D eigenvalue weighted by Crippen LogP contribution is -2.27. The number of primary amides is 1. The number of rotatable bonds is 6. The molecule has 0 aliphatic carbocycles. The maximum Gasteiger partial charge on any atom is 0.277 e. The first-order valence-corrected chi connectivity index (χ1v) is 10.2. The SMILES string of the molecule is NC(=O)c1ccc2cc(C(=O)N(O)Cc3csc(Cc4ccccc4)n3)ccc2c1. The van der Waals surface area contributed by atoms with E-state index in [1.54, 1.807) is 36.4 Å². The number of carbonyl (C=O) groups excluding carboxylic acids is 2. The Balaban J connectivity index is 1.46. The molecular weight excluding hydrogens is 398 g/mol. The summed E-state index contributed by atoms with van der Waals surface area (Å²) >= 11 is 1.50. The van der Waals surface area contributed by atoms with Crippen molar-refractivity contribution in [3.8, 4) is 0 Å². The first-order chi connectivity index (χ1) is 14.5. The average Bonchev–Trinajstić information content (AvgIpc) is 3.19. The summed E-state index contributed by atoms with van der Waals surface area (Å²) in [6, 6.07) is 20.0. The number of aromatic nitrogens is 1. The molecule has 0 saturated heterocycles. The molecule has 0 fully saturated rings. The van der Waals surface area contributed by atoms with Gasteiger partial charge in [-0.25, -0.2) is 10.0 Å². The quantitative estimate of drug-likeness (QED) is 0.366. The van der Waals surface area contributed by atoms with Crippen molar-refractivity contribution in [2.24, 2.45) is 5.73 Å². The largest absolute Gasteiger partial charge is 0.366 e. The summed E-state index contributed by atoms with van der Waals surface area (Å²) in [6.45, 7) is 0.00275. The molecule has 2 amide bonds. The van der Waals surface area contributed by atoms with Crippen LogP contribution in [0.4, 0.5) is 0 Å². The van der Waals surface area contributed by atoms with Gasteiger partial charge in [-0.15, -0.1) is 11.3 Å². The van der Waals surface area contributed by atoms with Crippen LogP contribution < -0.4 is 5.73 Å². The molecule has 30 heavy (non-hydrogen) atoms. The summed E-state index contributed by atoms with van der Waals surface area (Å²) in [5.74, 6) is -1.03. The van der Waals surface area contributed by atoms with E-state index >= 15 is 0 Å². The second kappa shape index (κ2) is 8.44. The molecule has 0 atom stereocenters. The van der Waals surface area contributed by atoms with Crippen LogP contribution in [0.5, 0.6) is 0 Å². The minimum Gasteiger partial charge on any atom is -0.366 e. The van der Waals surface area contributed by atoms with Crippen molar-refractivity contribution in [3.63, 3.8) is 0 Å². The number of hydroxylamine groups is 2. The lowest BCUT2D eigenvalue weighted by Gasteiger charge is -2.14. The number of hydrogen-bond acceptors (Lipinski definition) is 5. The number of nitrogens with two attached hydrogens (primary N) is 1. The van der Waals surface area contributed by atoms with Crippen LogP contribution >= 0.6 is 11.3 Å². The Labute approximate surface area is 177 Å². The van der Waals surface area contributed by atoms with E-state index in [2.05, 4.69) is 4.98 Å². The molecule has 1 aromatic heterocycles. The number of thiazole rings is 1. The van der Waals surface area contributed by atoms with E-state index in [1.807, 2.05) is 35.7 Å². The van der Waals surface area contributed by atoms with Crippen molar-refractivity contribution in [3.05, 3.63) is 99.5 Å². The molecule has 1 heterocycles. The van der Waals surface area contributed by atoms with Gasteiger partial charge in [0.1, 0.15) is 0 Å². The minimum absolute atomic E-state index is 0.00275. The van der Waals surface area contributed by atoms with E-state index in [-0.39, 0.29) is 6.54 Å². The molecule has 150 valence electrons. The molecule has 7 heteroatoms. The summed E-state index contributed by atoms with van der Waals surface area (Å²) in [7, 11) is 0. The molecule has 0 aliphatic rings. The van der Waals surface area contributed by atoms with Crippen LogP contribution in [0.2, 0.25) is 0 Å². The van der Waals surface area contributed by atoms with Gasteiger partial charge >= 0.3 is 0 Å². The fraction of sp³-hybridized carbons (Fsp3) is 0.0870. The summed E-state index contributed by atoms with van der Waals surface area (Å²) in [6.07, 6.45) is 0.711. The third-order valence-corrected chi connectivity index (χ3v) is 5.61. The fourth-order valence-electron chi connectivity index (χ4n) is 3.18. The van der Waals surface area contributed by atoms with Crippen molar-refractivity contribution >= 4 is 33.9 Å². The highest BCUT2D eigenvalue weighted by Crippen LogP contribution is 2.20. The van der Waals surface area contributed by atoms with Gasteiger partial charge in [0.2, 0.25) is 5.91 Å². The Morgan fingerprint density at radius 2 is 1.63 bits per heavy atom. The van der Waals surface area contributed by atoms with Crippen LogP contribution in [0, 0.1) is 0 Å². The number of fused-ring (bicyclic) bond motifs is 1. The highest BCUT2D eigenvalue weighted by molar-refractivity contribution is 7.09. The Kier molecular flexibility index (Phi) is 5.56. The molecule has 3 N–H and O–H groups in total. The monoisotopic (exact) mass is 417 g/mol. The molecule has 0 unspecified atom stereocenters. The number of carbonyl (C=O) groups is 2. The first kappa shape index (κ1) is 19.8. The Bertz CT molecular complexity index is 1220. The van der Waals surface area contributed by atoms with Crippen molar-refractivity contribution in [1.29, 1.82) is 0 Å². The van der Waals surface area contributed by atoms with Crippen molar-refractivity contribution in [2.75, 3.05) is 0 Å². The lowest BCUT2D eigenvalue weighted by molar-refractivity contribution is -0.0654. The Hall–Kier alpha value is -3.55. The Morgan fingerprint density at radius 1 is 0.967 bits per heavy atom. The average molecular weight is 417 g/mol. The van der Waals surface area contributed by atoms with E-state index in [4.69, 9.17) is 5.73 Å². The van der Waals surface area contributed by atoms with Gasteiger partial charge in [-0.3, -0.25) is 14.8 Å². The maximum absolute atomic E-state index is 12.6. The van der Waals surface area contributed by atoms with Crippen LogP contribution in [-0.2, 0) is 13.0 Å². The van der Waals surface area contributed by atoms with Crippen LogP contribution in [0.3, 0.4) is 0 Å². The highest BCUT2D eigenvalue weighted by atomic mass is 32.1.